The molecule has 5 heteroatoms. The van der Waals surface area contributed by atoms with Gasteiger partial charge in [0, 0.05) is 16.6 Å². The van der Waals surface area contributed by atoms with Crippen LogP contribution in [0, 0.1) is 27.7 Å². The van der Waals surface area contributed by atoms with E-state index in [2.05, 4.69) is 5.32 Å². The maximum atomic E-state index is 13.1. The maximum absolute atomic E-state index is 13.1. The molecule has 1 aromatic heterocycles. The van der Waals surface area contributed by atoms with Crippen molar-refractivity contribution in [3.05, 3.63) is 57.8 Å². The van der Waals surface area contributed by atoms with Gasteiger partial charge < -0.3 is 14.5 Å². The first kappa shape index (κ1) is 20.2. The summed E-state index contributed by atoms with van der Waals surface area (Å²) in [5.74, 6) is 0.473. The lowest BCUT2D eigenvalue weighted by Gasteiger charge is -2.34. The lowest BCUT2D eigenvalue weighted by molar-refractivity contribution is 0.0503. The van der Waals surface area contributed by atoms with Crippen molar-refractivity contribution in [1.82, 2.24) is 0 Å². The van der Waals surface area contributed by atoms with Gasteiger partial charge in [-0.1, -0.05) is 24.6 Å². The Hall–Kier alpha value is -3.08. The minimum absolute atomic E-state index is 0.0206. The van der Waals surface area contributed by atoms with Gasteiger partial charge in [-0.3, -0.25) is 9.59 Å². The molecule has 4 rings (SSSR count). The number of hydrogen-bond donors (Lipinski definition) is 1. The van der Waals surface area contributed by atoms with Crippen LogP contribution in [0.25, 0.3) is 11.0 Å². The predicted octanol–water partition coefficient (Wildman–Crippen LogP) is 6.05. The van der Waals surface area contributed by atoms with Gasteiger partial charge in [0.25, 0.3) is 5.91 Å². The molecule has 1 aliphatic heterocycles. The van der Waals surface area contributed by atoms with Crippen molar-refractivity contribution < 1.29 is 18.7 Å². The summed E-state index contributed by atoms with van der Waals surface area (Å²) in [7, 11) is 0. The van der Waals surface area contributed by atoms with Gasteiger partial charge in [-0.2, -0.15) is 0 Å². The molecule has 0 radical (unpaired) electrons. The van der Waals surface area contributed by atoms with Gasteiger partial charge in [-0.05, 0) is 64.3 Å². The van der Waals surface area contributed by atoms with Gasteiger partial charge in [0.05, 0.1) is 12.0 Å². The fourth-order valence-corrected chi connectivity index (χ4v) is 4.37. The minimum Gasteiger partial charge on any atom is -0.486 e. The van der Waals surface area contributed by atoms with Crippen LogP contribution in [0.3, 0.4) is 0 Å². The van der Waals surface area contributed by atoms with Crippen LogP contribution in [-0.2, 0) is 0 Å². The van der Waals surface area contributed by atoms with Crippen LogP contribution in [0.1, 0.15) is 69.9 Å². The van der Waals surface area contributed by atoms with Crippen molar-refractivity contribution in [3.8, 4) is 5.75 Å². The Morgan fingerprint density at radius 3 is 2.43 bits per heavy atom. The van der Waals surface area contributed by atoms with Crippen LogP contribution in [-0.4, -0.2) is 17.3 Å². The van der Waals surface area contributed by atoms with E-state index >= 15 is 0 Å². The van der Waals surface area contributed by atoms with Crippen LogP contribution in [0.4, 0.5) is 5.69 Å². The molecule has 0 saturated heterocycles. The highest BCUT2D eigenvalue weighted by Crippen LogP contribution is 2.41. The lowest BCUT2D eigenvalue weighted by Crippen LogP contribution is -2.38. The van der Waals surface area contributed by atoms with E-state index in [1.807, 2.05) is 53.7 Å². The summed E-state index contributed by atoms with van der Waals surface area (Å²) in [6.45, 7) is 11.7. The van der Waals surface area contributed by atoms with Crippen molar-refractivity contribution in [2.45, 2.75) is 60.0 Å². The van der Waals surface area contributed by atoms with Crippen molar-refractivity contribution in [2.75, 3.05) is 5.32 Å². The molecule has 2 heterocycles. The van der Waals surface area contributed by atoms with E-state index < -0.39 is 5.60 Å². The molecule has 0 fully saturated rings. The molecule has 2 aromatic carbocycles. The van der Waals surface area contributed by atoms with Gasteiger partial charge in [-0.15, -0.1) is 0 Å². The number of furan rings is 1. The summed E-state index contributed by atoms with van der Waals surface area (Å²) in [6.07, 6.45) is 1.05. The van der Waals surface area contributed by atoms with E-state index in [1.165, 1.54) is 0 Å². The lowest BCUT2D eigenvalue weighted by atomic mass is 9.87. The molecule has 0 spiro atoms. The third kappa shape index (κ3) is 3.18. The summed E-state index contributed by atoms with van der Waals surface area (Å²) in [6, 6.07) is 7.60. The van der Waals surface area contributed by atoms with Gasteiger partial charge in [0.15, 0.2) is 11.5 Å². The summed E-state index contributed by atoms with van der Waals surface area (Å²) in [5.41, 5.74) is 5.10. The molecule has 3 aromatic rings. The second-order valence-electron chi connectivity index (χ2n) is 8.60. The Morgan fingerprint density at radius 1 is 1.13 bits per heavy atom. The number of benzene rings is 2. The highest BCUT2D eigenvalue weighted by atomic mass is 16.5. The summed E-state index contributed by atoms with van der Waals surface area (Å²) in [4.78, 5) is 26.1. The van der Waals surface area contributed by atoms with Gasteiger partial charge in [0.2, 0.25) is 0 Å². The largest absolute Gasteiger partial charge is 0.486 e. The fourth-order valence-electron chi connectivity index (χ4n) is 4.37. The molecular formula is C25H27NO4. The topological polar surface area (TPSA) is 68.5 Å². The molecule has 0 bridgehead atoms. The number of Topliss-reactive ketones (excluding diaryl/α,β-unsaturated/α-hetero) is 1. The number of anilines is 1. The molecule has 30 heavy (non-hydrogen) atoms. The van der Waals surface area contributed by atoms with E-state index in [-0.39, 0.29) is 17.5 Å². The number of aryl methyl sites for hydroxylation is 4. The Bertz CT molecular complexity index is 1180. The number of ketones is 1. The summed E-state index contributed by atoms with van der Waals surface area (Å²) < 4.78 is 12.1. The van der Waals surface area contributed by atoms with Crippen LogP contribution in [0.2, 0.25) is 0 Å². The number of carbonyl (C=O) groups excluding carboxylic acids is 2. The number of carbonyl (C=O) groups is 2. The molecule has 1 N–H and O–H groups in total. The molecule has 1 amide bonds. The third-order valence-electron chi connectivity index (χ3n) is 6.10. The quantitative estimate of drug-likeness (QED) is 0.576. The van der Waals surface area contributed by atoms with Crippen LogP contribution < -0.4 is 10.1 Å². The van der Waals surface area contributed by atoms with Crippen LogP contribution >= 0.6 is 0 Å². The van der Waals surface area contributed by atoms with Gasteiger partial charge in [0.1, 0.15) is 16.9 Å². The molecule has 0 saturated carbocycles. The third-order valence-corrected chi connectivity index (χ3v) is 6.10. The number of fused-ring (bicyclic) bond motifs is 3. The van der Waals surface area contributed by atoms with E-state index in [4.69, 9.17) is 9.15 Å². The molecular weight excluding hydrogens is 378 g/mol. The predicted molar refractivity (Wildman–Crippen MR) is 118 cm³/mol. The van der Waals surface area contributed by atoms with E-state index in [1.54, 1.807) is 12.1 Å². The minimum atomic E-state index is -0.504. The van der Waals surface area contributed by atoms with E-state index in [0.29, 0.717) is 34.3 Å². The summed E-state index contributed by atoms with van der Waals surface area (Å²) >= 11 is 0. The maximum Gasteiger partial charge on any atom is 0.291 e. The Morgan fingerprint density at radius 2 is 1.80 bits per heavy atom. The van der Waals surface area contributed by atoms with Crippen molar-refractivity contribution in [1.29, 1.82) is 0 Å². The first-order chi connectivity index (χ1) is 14.1. The Kier molecular flexibility index (Phi) is 4.72. The molecule has 1 atom stereocenters. The second-order valence-corrected chi connectivity index (χ2v) is 8.60. The molecule has 0 aliphatic carbocycles. The average molecular weight is 405 g/mol. The highest BCUT2D eigenvalue weighted by molar-refractivity contribution is 6.15. The monoisotopic (exact) mass is 405 g/mol. The SMILES string of the molecule is CCC1(C)CC(=O)c2c(ccc3oc(C(=O)Nc4c(C)cc(C)cc4C)c(C)c23)O1. The number of amides is 1. The number of hydrogen-bond acceptors (Lipinski definition) is 4. The van der Waals surface area contributed by atoms with E-state index in [9.17, 15) is 9.59 Å². The zero-order valence-electron chi connectivity index (χ0n) is 18.4. The number of rotatable bonds is 3. The first-order valence-electron chi connectivity index (χ1n) is 10.3. The Balaban J connectivity index is 1.78. The van der Waals surface area contributed by atoms with Crippen LogP contribution in [0.5, 0.6) is 5.75 Å². The van der Waals surface area contributed by atoms with E-state index in [0.717, 1.165) is 28.8 Å². The first-order valence-corrected chi connectivity index (χ1v) is 10.3. The zero-order valence-corrected chi connectivity index (χ0v) is 18.4. The number of ether oxygens (including phenoxy) is 1. The van der Waals surface area contributed by atoms with Gasteiger partial charge in [-0.25, -0.2) is 0 Å². The highest BCUT2D eigenvalue weighted by Gasteiger charge is 2.37. The van der Waals surface area contributed by atoms with Crippen LogP contribution in [0.15, 0.2) is 28.7 Å². The van der Waals surface area contributed by atoms with Crippen molar-refractivity contribution in [2.24, 2.45) is 0 Å². The summed E-state index contributed by atoms with van der Waals surface area (Å²) in [5, 5.41) is 3.65. The smallest absolute Gasteiger partial charge is 0.291 e. The average Bonchev–Trinajstić information content (AvgIpc) is 3.01. The molecule has 5 nitrogen and oxygen atoms in total. The van der Waals surface area contributed by atoms with Crippen molar-refractivity contribution in [3.63, 3.8) is 0 Å². The molecule has 1 unspecified atom stereocenters. The molecule has 156 valence electrons. The number of nitrogens with one attached hydrogen (secondary N) is 1. The second kappa shape index (κ2) is 7.01. The standard InChI is InChI=1S/C25H27NO4/c1-7-25(6)12-17(27)21-19(30-25)9-8-18-20(21)16(5)23(29-18)24(28)26-22-14(3)10-13(2)11-15(22)4/h8-11H,7,12H2,1-6H3,(H,26,28). The Labute approximate surface area is 176 Å². The van der Waals surface area contributed by atoms with Crippen molar-refractivity contribution >= 4 is 28.3 Å². The molecule has 1 aliphatic rings. The zero-order chi connectivity index (χ0) is 21.8. The fraction of sp³-hybridized carbons (Fsp3) is 0.360. The van der Waals surface area contributed by atoms with Gasteiger partial charge >= 0.3 is 0 Å². The normalized spacial score (nSPS) is 18.3.